The average molecular weight is 304 g/mol. The Balaban J connectivity index is 2.10. The first-order valence-electron chi connectivity index (χ1n) is 6.49. The lowest BCUT2D eigenvalue weighted by Gasteiger charge is -2.27. The van der Waals surface area contributed by atoms with E-state index in [-0.39, 0.29) is 0 Å². The van der Waals surface area contributed by atoms with Crippen LogP contribution in [0.1, 0.15) is 5.56 Å². The molecule has 1 saturated heterocycles. The minimum atomic E-state index is -3.89. The number of benzene rings is 1. The van der Waals surface area contributed by atoms with E-state index in [4.69, 9.17) is 0 Å². The number of nitrogens with one attached hydrogen (secondary N) is 1. The predicted molar refractivity (Wildman–Crippen MR) is 72.5 cm³/mol. The third-order valence-corrected chi connectivity index (χ3v) is 4.49. The van der Waals surface area contributed by atoms with Gasteiger partial charge >= 0.3 is 0 Å². The van der Waals surface area contributed by atoms with Crippen LogP contribution in [0.25, 0.3) is 0 Å². The van der Waals surface area contributed by atoms with Crippen molar-refractivity contribution in [3.63, 3.8) is 0 Å². The summed E-state index contributed by atoms with van der Waals surface area (Å²) >= 11 is 0. The van der Waals surface area contributed by atoms with Crippen LogP contribution in [-0.4, -0.2) is 52.3 Å². The van der Waals surface area contributed by atoms with Gasteiger partial charge < -0.3 is 10.2 Å². The maximum Gasteiger partial charge on any atom is 0.181 e. The topological polar surface area (TPSA) is 49.4 Å². The minimum Gasteiger partial charge on any atom is -0.314 e. The lowest BCUT2D eigenvalue weighted by molar-refractivity contribution is 0.243. The van der Waals surface area contributed by atoms with Gasteiger partial charge in [0.25, 0.3) is 0 Å². The van der Waals surface area contributed by atoms with Crippen LogP contribution >= 0.6 is 0 Å². The molecular formula is C13H18F2N2O2S. The molecule has 1 heterocycles. The van der Waals surface area contributed by atoms with Crippen LogP contribution in [0.2, 0.25) is 0 Å². The summed E-state index contributed by atoms with van der Waals surface area (Å²) in [7, 11) is -3.89. The van der Waals surface area contributed by atoms with Crippen LogP contribution in [-0.2, 0) is 16.3 Å². The van der Waals surface area contributed by atoms with Crippen molar-refractivity contribution < 1.29 is 17.2 Å². The minimum absolute atomic E-state index is 0.478. The van der Waals surface area contributed by atoms with Crippen LogP contribution < -0.4 is 5.32 Å². The zero-order valence-electron chi connectivity index (χ0n) is 11.3. The number of piperazine rings is 1. The van der Waals surface area contributed by atoms with Gasteiger partial charge in [-0.05, 0) is 24.1 Å². The molecule has 1 aromatic rings. The Hall–Kier alpha value is -1.05. The van der Waals surface area contributed by atoms with Gasteiger partial charge in [0.05, 0.1) is 0 Å². The molecule has 0 spiro atoms. The van der Waals surface area contributed by atoms with Gasteiger partial charge in [0, 0.05) is 39.0 Å². The highest BCUT2D eigenvalue weighted by Gasteiger charge is 2.20. The second-order valence-electron chi connectivity index (χ2n) is 5.00. The maximum atomic E-state index is 13.7. The number of halogens is 2. The van der Waals surface area contributed by atoms with Crippen molar-refractivity contribution in [3.05, 3.63) is 29.3 Å². The van der Waals surface area contributed by atoms with Crippen molar-refractivity contribution in [3.8, 4) is 0 Å². The molecule has 2 rings (SSSR count). The SMILES string of the molecule is CS(=O)(=O)c1c(F)cc(CCN2CCNCC2)cc1F. The Morgan fingerprint density at radius 3 is 2.25 bits per heavy atom. The van der Waals surface area contributed by atoms with Gasteiger partial charge in [0.1, 0.15) is 16.5 Å². The van der Waals surface area contributed by atoms with Gasteiger partial charge in [-0.2, -0.15) is 0 Å². The van der Waals surface area contributed by atoms with Crippen molar-refractivity contribution in [2.24, 2.45) is 0 Å². The Bertz CT molecular complexity index is 561. The number of hydrogen-bond donors (Lipinski definition) is 1. The van der Waals surface area contributed by atoms with E-state index < -0.39 is 26.4 Å². The second-order valence-corrected chi connectivity index (χ2v) is 6.95. The van der Waals surface area contributed by atoms with Crippen molar-refractivity contribution >= 4 is 9.84 Å². The Kier molecular flexibility index (Phi) is 4.72. The molecule has 0 radical (unpaired) electrons. The molecule has 1 aliphatic rings. The highest BCUT2D eigenvalue weighted by molar-refractivity contribution is 7.90. The van der Waals surface area contributed by atoms with E-state index in [0.717, 1.165) is 44.6 Å². The summed E-state index contributed by atoms with van der Waals surface area (Å²) in [6.45, 7) is 4.35. The standard InChI is InChI=1S/C13H18F2N2O2S/c1-20(18,19)13-11(14)8-10(9-12(13)15)2-5-17-6-3-16-4-7-17/h8-9,16H,2-7H2,1H3. The molecule has 4 nitrogen and oxygen atoms in total. The van der Waals surface area contributed by atoms with E-state index in [1.54, 1.807) is 0 Å². The largest absolute Gasteiger partial charge is 0.314 e. The Morgan fingerprint density at radius 1 is 1.20 bits per heavy atom. The van der Waals surface area contributed by atoms with Gasteiger partial charge in [-0.15, -0.1) is 0 Å². The van der Waals surface area contributed by atoms with Crippen LogP contribution in [0.15, 0.2) is 17.0 Å². The summed E-state index contributed by atoms with van der Waals surface area (Å²) in [4.78, 5) is 1.36. The van der Waals surface area contributed by atoms with E-state index in [9.17, 15) is 17.2 Å². The highest BCUT2D eigenvalue weighted by Crippen LogP contribution is 2.21. The summed E-state index contributed by atoms with van der Waals surface area (Å²) in [5, 5.41) is 3.23. The fourth-order valence-corrected chi connectivity index (χ4v) is 3.16. The Labute approximate surface area is 117 Å². The van der Waals surface area contributed by atoms with Crippen LogP contribution in [0.5, 0.6) is 0 Å². The molecule has 1 fully saturated rings. The van der Waals surface area contributed by atoms with Gasteiger partial charge in [0.15, 0.2) is 9.84 Å². The quantitative estimate of drug-likeness (QED) is 0.894. The molecular weight excluding hydrogens is 286 g/mol. The molecule has 112 valence electrons. The van der Waals surface area contributed by atoms with Crippen molar-refractivity contribution in [2.45, 2.75) is 11.3 Å². The fraction of sp³-hybridized carbons (Fsp3) is 0.538. The monoisotopic (exact) mass is 304 g/mol. The zero-order chi connectivity index (χ0) is 14.8. The Morgan fingerprint density at radius 2 is 1.75 bits per heavy atom. The van der Waals surface area contributed by atoms with E-state index in [1.807, 2.05) is 0 Å². The molecule has 7 heteroatoms. The smallest absolute Gasteiger partial charge is 0.181 e. The number of nitrogens with zero attached hydrogens (tertiary/aromatic N) is 1. The van der Waals surface area contributed by atoms with E-state index in [1.165, 1.54) is 0 Å². The molecule has 0 aliphatic carbocycles. The molecule has 0 saturated carbocycles. The zero-order valence-corrected chi connectivity index (χ0v) is 12.1. The van der Waals surface area contributed by atoms with Gasteiger partial charge in [-0.3, -0.25) is 0 Å². The normalized spacial score (nSPS) is 17.4. The van der Waals surface area contributed by atoms with Crippen molar-refractivity contribution in [2.75, 3.05) is 39.0 Å². The van der Waals surface area contributed by atoms with Crippen molar-refractivity contribution in [1.29, 1.82) is 0 Å². The first-order valence-corrected chi connectivity index (χ1v) is 8.38. The summed E-state index contributed by atoms with van der Waals surface area (Å²) < 4.78 is 50.1. The summed E-state index contributed by atoms with van der Waals surface area (Å²) in [6.07, 6.45) is 1.30. The first kappa shape index (κ1) is 15.3. The summed E-state index contributed by atoms with van der Waals surface area (Å²) in [5.74, 6) is -2.02. The fourth-order valence-electron chi connectivity index (χ4n) is 2.33. The average Bonchev–Trinajstić information content (AvgIpc) is 2.35. The molecule has 20 heavy (non-hydrogen) atoms. The van der Waals surface area contributed by atoms with Crippen LogP contribution in [0.4, 0.5) is 8.78 Å². The molecule has 0 amide bonds. The molecule has 1 N–H and O–H groups in total. The first-order chi connectivity index (χ1) is 9.38. The molecule has 0 atom stereocenters. The van der Waals surface area contributed by atoms with Gasteiger partial charge in [-0.25, -0.2) is 17.2 Å². The molecule has 1 aliphatic heterocycles. The van der Waals surface area contributed by atoms with Gasteiger partial charge in [-0.1, -0.05) is 0 Å². The number of rotatable bonds is 4. The number of hydrogen-bond acceptors (Lipinski definition) is 4. The molecule has 1 aromatic carbocycles. The van der Waals surface area contributed by atoms with E-state index in [0.29, 0.717) is 18.5 Å². The third kappa shape index (κ3) is 3.74. The lowest BCUT2D eigenvalue weighted by Crippen LogP contribution is -2.44. The lowest BCUT2D eigenvalue weighted by atomic mass is 10.1. The highest BCUT2D eigenvalue weighted by atomic mass is 32.2. The number of sulfone groups is 1. The maximum absolute atomic E-state index is 13.7. The predicted octanol–water partition coefficient (Wildman–Crippen LogP) is 0.816. The third-order valence-electron chi connectivity index (χ3n) is 3.36. The second kappa shape index (κ2) is 6.15. The van der Waals surface area contributed by atoms with Crippen molar-refractivity contribution in [1.82, 2.24) is 10.2 Å². The molecule has 0 aromatic heterocycles. The molecule has 0 bridgehead atoms. The van der Waals surface area contributed by atoms with Gasteiger partial charge in [0.2, 0.25) is 0 Å². The van der Waals surface area contributed by atoms with Crippen LogP contribution in [0.3, 0.4) is 0 Å². The molecule has 0 unspecified atom stereocenters. The van der Waals surface area contributed by atoms with E-state index in [2.05, 4.69) is 10.2 Å². The van der Waals surface area contributed by atoms with Crippen LogP contribution in [0, 0.1) is 11.6 Å². The van der Waals surface area contributed by atoms with E-state index >= 15 is 0 Å². The summed E-state index contributed by atoms with van der Waals surface area (Å²) in [6, 6.07) is 2.23. The summed E-state index contributed by atoms with van der Waals surface area (Å²) in [5.41, 5.74) is 0.478.